The number of benzene rings is 1. The first-order valence-corrected chi connectivity index (χ1v) is 8.23. The summed E-state index contributed by atoms with van der Waals surface area (Å²) in [6.45, 7) is 9.51. The molecule has 1 atom stereocenters. The van der Waals surface area contributed by atoms with Crippen molar-refractivity contribution >= 4 is 22.6 Å². The number of H-pyrrole nitrogens is 1. The minimum atomic E-state index is -0.667. The Morgan fingerprint density at radius 3 is 2.44 bits per heavy atom. The summed E-state index contributed by atoms with van der Waals surface area (Å²) in [5, 5.41) is 3.44. The Bertz CT molecular complexity index is 1010. The summed E-state index contributed by atoms with van der Waals surface area (Å²) in [5.41, 5.74) is 5.11. The van der Waals surface area contributed by atoms with E-state index in [1.165, 1.54) is 10.9 Å². The summed E-state index contributed by atoms with van der Waals surface area (Å²) >= 11 is 0. The molecule has 1 aromatic carbocycles. The van der Waals surface area contributed by atoms with Crippen molar-refractivity contribution < 1.29 is 4.79 Å². The third-order valence-corrected chi connectivity index (χ3v) is 4.43. The van der Waals surface area contributed by atoms with Gasteiger partial charge < -0.3 is 10.3 Å². The number of carbonyl (C=O) groups excluding carboxylic acids is 1. The van der Waals surface area contributed by atoms with Crippen molar-refractivity contribution in [1.82, 2.24) is 14.5 Å². The fraction of sp³-hybridized carbons (Fsp3) is 0.316. The van der Waals surface area contributed by atoms with Crippen molar-refractivity contribution in [2.24, 2.45) is 0 Å². The Labute approximate surface area is 145 Å². The first kappa shape index (κ1) is 17.0. The van der Waals surface area contributed by atoms with Crippen molar-refractivity contribution in [1.29, 1.82) is 0 Å². The predicted molar refractivity (Wildman–Crippen MR) is 99.1 cm³/mol. The van der Waals surface area contributed by atoms with Crippen LogP contribution in [0.15, 0.2) is 29.3 Å². The molecule has 0 spiro atoms. The Hall–Kier alpha value is -2.89. The number of aryl methyl sites for hydroxylation is 4. The molecule has 3 rings (SSSR count). The maximum absolute atomic E-state index is 12.7. The van der Waals surface area contributed by atoms with E-state index in [0.29, 0.717) is 11.0 Å². The number of hydrogen-bond donors (Lipinski definition) is 2. The van der Waals surface area contributed by atoms with Crippen LogP contribution in [0.5, 0.6) is 0 Å². The predicted octanol–water partition coefficient (Wildman–Crippen LogP) is 3.16. The first-order chi connectivity index (χ1) is 11.8. The van der Waals surface area contributed by atoms with E-state index in [2.05, 4.69) is 15.3 Å². The molecular weight excluding hydrogens is 316 g/mol. The normalized spacial score (nSPS) is 12.4. The molecule has 0 radical (unpaired) electrons. The van der Waals surface area contributed by atoms with Gasteiger partial charge in [0.15, 0.2) is 0 Å². The average Bonchev–Trinajstić information content (AvgIpc) is 2.92. The fourth-order valence-corrected chi connectivity index (χ4v) is 3.16. The minimum Gasteiger partial charge on any atom is -0.343 e. The quantitative estimate of drug-likeness (QED) is 0.770. The topological polar surface area (TPSA) is 79.8 Å². The largest absolute Gasteiger partial charge is 0.343 e. The molecule has 2 N–H and O–H groups in total. The highest BCUT2D eigenvalue weighted by molar-refractivity contribution is 5.95. The lowest BCUT2D eigenvalue weighted by Crippen LogP contribution is -2.32. The molecule has 2 aromatic heterocycles. The van der Waals surface area contributed by atoms with Crippen LogP contribution in [-0.2, 0) is 4.79 Å². The van der Waals surface area contributed by atoms with Gasteiger partial charge in [0, 0.05) is 11.4 Å². The van der Waals surface area contributed by atoms with E-state index in [1.54, 1.807) is 13.0 Å². The van der Waals surface area contributed by atoms with Gasteiger partial charge in [-0.1, -0.05) is 17.7 Å². The van der Waals surface area contributed by atoms with Gasteiger partial charge in [-0.15, -0.1) is 0 Å². The molecule has 0 fully saturated rings. The van der Waals surface area contributed by atoms with Gasteiger partial charge in [0.2, 0.25) is 5.91 Å². The monoisotopic (exact) mass is 338 g/mol. The highest BCUT2D eigenvalue weighted by Crippen LogP contribution is 2.23. The minimum absolute atomic E-state index is 0.227. The lowest BCUT2D eigenvalue weighted by molar-refractivity contribution is -0.118. The Morgan fingerprint density at radius 2 is 1.80 bits per heavy atom. The van der Waals surface area contributed by atoms with Gasteiger partial charge in [0.1, 0.15) is 18.0 Å². The van der Waals surface area contributed by atoms with Crippen molar-refractivity contribution in [3.63, 3.8) is 0 Å². The number of nitrogens with one attached hydrogen (secondary N) is 2. The molecular formula is C19H22N4O2. The van der Waals surface area contributed by atoms with Crippen LogP contribution in [-0.4, -0.2) is 20.4 Å². The van der Waals surface area contributed by atoms with E-state index in [0.717, 1.165) is 28.1 Å². The molecule has 1 unspecified atom stereocenters. The Balaban J connectivity index is 1.93. The summed E-state index contributed by atoms with van der Waals surface area (Å²) in [6, 6.07) is 5.13. The zero-order chi connectivity index (χ0) is 18.3. The van der Waals surface area contributed by atoms with E-state index in [9.17, 15) is 9.59 Å². The van der Waals surface area contributed by atoms with Crippen LogP contribution in [0, 0.1) is 27.7 Å². The number of amides is 1. The molecule has 0 saturated carbocycles. The van der Waals surface area contributed by atoms with Crippen LogP contribution in [0.1, 0.15) is 35.3 Å². The number of aromatic nitrogens is 3. The zero-order valence-corrected chi connectivity index (χ0v) is 15.1. The number of rotatable bonds is 3. The Morgan fingerprint density at radius 1 is 1.16 bits per heavy atom. The van der Waals surface area contributed by atoms with Gasteiger partial charge in [-0.2, -0.15) is 0 Å². The van der Waals surface area contributed by atoms with Crippen LogP contribution in [0.3, 0.4) is 0 Å². The van der Waals surface area contributed by atoms with Crippen LogP contribution in [0.25, 0.3) is 11.0 Å². The van der Waals surface area contributed by atoms with Crippen LogP contribution in [0.4, 0.5) is 5.69 Å². The van der Waals surface area contributed by atoms with E-state index < -0.39 is 6.04 Å². The molecule has 0 aliphatic heterocycles. The zero-order valence-electron chi connectivity index (χ0n) is 15.1. The van der Waals surface area contributed by atoms with Gasteiger partial charge in [-0.05, 0) is 51.8 Å². The lowest BCUT2D eigenvalue weighted by Gasteiger charge is -2.17. The van der Waals surface area contributed by atoms with Crippen molar-refractivity contribution in [3.8, 4) is 0 Å². The standard InChI is InChI=1S/C19H22N4O2/c1-10-6-11(2)16(12(3)7-10)22-18(24)14(5)23-9-20-17-15(19(23)25)8-13(4)21-17/h6-9,14,21H,1-5H3,(H,22,24). The number of carbonyl (C=O) groups is 1. The second kappa shape index (κ2) is 6.20. The van der Waals surface area contributed by atoms with Gasteiger partial charge in [0.25, 0.3) is 5.56 Å². The van der Waals surface area contributed by atoms with Crippen molar-refractivity contribution in [3.05, 3.63) is 57.3 Å². The van der Waals surface area contributed by atoms with Crippen molar-refractivity contribution in [2.45, 2.75) is 40.7 Å². The van der Waals surface area contributed by atoms with Crippen LogP contribution >= 0.6 is 0 Å². The molecule has 6 heteroatoms. The molecule has 3 aromatic rings. The summed E-state index contributed by atoms with van der Waals surface area (Å²) in [5.74, 6) is -0.245. The van der Waals surface area contributed by atoms with E-state index >= 15 is 0 Å². The second-order valence-electron chi connectivity index (χ2n) is 6.61. The molecule has 6 nitrogen and oxygen atoms in total. The summed E-state index contributed by atoms with van der Waals surface area (Å²) in [6.07, 6.45) is 1.42. The molecule has 0 aliphatic rings. The maximum atomic E-state index is 12.7. The Kier molecular flexibility index (Phi) is 4.20. The number of nitrogens with zero attached hydrogens (tertiary/aromatic N) is 2. The lowest BCUT2D eigenvalue weighted by atomic mass is 10.0. The molecule has 25 heavy (non-hydrogen) atoms. The van der Waals surface area contributed by atoms with Gasteiger partial charge in [-0.3, -0.25) is 14.2 Å². The number of hydrogen-bond acceptors (Lipinski definition) is 3. The van der Waals surface area contributed by atoms with Crippen LogP contribution < -0.4 is 10.9 Å². The number of aromatic amines is 1. The summed E-state index contributed by atoms with van der Waals surface area (Å²) in [7, 11) is 0. The van der Waals surface area contributed by atoms with E-state index in [1.807, 2.05) is 39.8 Å². The number of anilines is 1. The second-order valence-corrected chi connectivity index (χ2v) is 6.61. The molecule has 0 saturated heterocycles. The smallest absolute Gasteiger partial charge is 0.263 e. The molecule has 0 aliphatic carbocycles. The molecule has 0 bridgehead atoms. The molecule has 2 heterocycles. The van der Waals surface area contributed by atoms with E-state index in [-0.39, 0.29) is 11.5 Å². The van der Waals surface area contributed by atoms with Gasteiger partial charge in [-0.25, -0.2) is 4.98 Å². The highest BCUT2D eigenvalue weighted by Gasteiger charge is 2.19. The SMILES string of the molecule is Cc1cc(C)c(NC(=O)C(C)n2cnc3[nH]c(C)cc3c2=O)c(C)c1. The fourth-order valence-electron chi connectivity index (χ4n) is 3.16. The summed E-state index contributed by atoms with van der Waals surface area (Å²) < 4.78 is 1.36. The third-order valence-electron chi connectivity index (χ3n) is 4.43. The van der Waals surface area contributed by atoms with Gasteiger partial charge >= 0.3 is 0 Å². The van der Waals surface area contributed by atoms with Crippen LogP contribution in [0.2, 0.25) is 0 Å². The van der Waals surface area contributed by atoms with E-state index in [4.69, 9.17) is 0 Å². The molecule has 130 valence electrons. The molecule has 1 amide bonds. The average molecular weight is 338 g/mol. The third kappa shape index (κ3) is 3.07. The first-order valence-electron chi connectivity index (χ1n) is 8.23. The number of fused-ring (bicyclic) bond motifs is 1. The van der Waals surface area contributed by atoms with Crippen molar-refractivity contribution in [2.75, 3.05) is 5.32 Å². The maximum Gasteiger partial charge on any atom is 0.263 e. The summed E-state index contributed by atoms with van der Waals surface area (Å²) in [4.78, 5) is 32.6. The highest BCUT2D eigenvalue weighted by atomic mass is 16.2. The van der Waals surface area contributed by atoms with Gasteiger partial charge in [0.05, 0.1) is 5.39 Å².